The molecule has 6 heteroatoms. The van der Waals surface area contributed by atoms with Crippen LogP contribution in [0.3, 0.4) is 0 Å². The van der Waals surface area contributed by atoms with Crippen molar-refractivity contribution in [1.82, 2.24) is 5.43 Å². The molecule has 0 bridgehead atoms. The third kappa shape index (κ3) is 3.11. The van der Waals surface area contributed by atoms with E-state index in [4.69, 9.17) is 4.74 Å². The van der Waals surface area contributed by atoms with E-state index in [0.29, 0.717) is 16.2 Å². The van der Waals surface area contributed by atoms with Gasteiger partial charge in [-0.2, -0.15) is 5.10 Å². The van der Waals surface area contributed by atoms with Gasteiger partial charge in [-0.05, 0) is 23.6 Å². The first-order valence-electron chi connectivity index (χ1n) is 5.45. The smallest absolute Gasteiger partial charge is 0.281 e. The lowest BCUT2D eigenvalue weighted by molar-refractivity contribution is 0.0959. The van der Waals surface area contributed by atoms with E-state index in [1.165, 1.54) is 24.7 Å². The summed E-state index contributed by atoms with van der Waals surface area (Å²) in [5.74, 6) is 0.0568. The van der Waals surface area contributed by atoms with Crippen LogP contribution in [0.2, 0.25) is 0 Å². The number of nitrogens with one attached hydrogen (secondary N) is 1. The Morgan fingerprint density at radius 1 is 1.42 bits per heavy atom. The quantitative estimate of drug-likeness (QED) is 0.664. The average Bonchev–Trinajstić information content (AvgIpc) is 2.94. The van der Waals surface area contributed by atoms with Crippen LogP contribution in [-0.2, 0) is 0 Å². The second-order valence-corrected chi connectivity index (χ2v) is 4.52. The maximum Gasteiger partial charge on any atom is 0.281 e. The number of nitrogens with zero attached hydrogens (tertiary/aromatic N) is 1. The number of hydrogen-bond acceptors (Lipinski definition) is 5. The van der Waals surface area contributed by atoms with Gasteiger partial charge < -0.3 is 9.84 Å². The van der Waals surface area contributed by atoms with Crippen molar-refractivity contribution in [2.75, 3.05) is 7.11 Å². The van der Waals surface area contributed by atoms with Gasteiger partial charge in [0, 0.05) is 5.56 Å². The van der Waals surface area contributed by atoms with Crippen molar-refractivity contribution in [2.24, 2.45) is 5.10 Å². The lowest BCUT2D eigenvalue weighted by atomic mass is 10.2. The van der Waals surface area contributed by atoms with Crippen molar-refractivity contribution in [3.05, 3.63) is 46.2 Å². The predicted molar refractivity (Wildman–Crippen MR) is 74.0 cm³/mol. The minimum absolute atomic E-state index is 0.0147. The predicted octanol–water partition coefficient (Wildman–Crippen LogP) is 2.23. The molecule has 0 aliphatic heterocycles. The maximum absolute atomic E-state index is 11.6. The third-order valence-corrected chi connectivity index (χ3v) is 3.23. The molecule has 1 heterocycles. The van der Waals surface area contributed by atoms with Gasteiger partial charge in [0.2, 0.25) is 0 Å². The molecule has 2 rings (SSSR count). The normalized spacial score (nSPS) is 10.6. The minimum atomic E-state index is -0.284. The van der Waals surface area contributed by atoms with E-state index in [1.807, 2.05) is 5.38 Å². The molecular weight excluding hydrogens is 264 g/mol. The highest BCUT2D eigenvalue weighted by Crippen LogP contribution is 2.27. The fraction of sp³-hybridized carbons (Fsp3) is 0.0769. The van der Waals surface area contributed by atoms with Crippen LogP contribution in [0.5, 0.6) is 11.5 Å². The number of phenolic OH excluding ortho intramolecular Hbond substituents is 1. The van der Waals surface area contributed by atoms with Gasteiger partial charge in [0.25, 0.3) is 5.91 Å². The number of para-hydroxylation sites is 1. The van der Waals surface area contributed by atoms with E-state index in [-0.39, 0.29) is 11.7 Å². The van der Waals surface area contributed by atoms with Gasteiger partial charge in [0.1, 0.15) is 0 Å². The molecule has 0 radical (unpaired) electrons. The largest absolute Gasteiger partial charge is 0.504 e. The van der Waals surface area contributed by atoms with Gasteiger partial charge in [0.15, 0.2) is 11.5 Å². The Kier molecular flexibility index (Phi) is 4.15. The molecular formula is C13H12N2O3S. The molecule has 19 heavy (non-hydrogen) atoms. The second kappa shape index (κ2) is 6.01. The maximum atomic E-state index is 11.6. The number of aromatic hydroxyl groups is 1. The summed E-state index contributed by atoms with van der Waals surface area (Å²) in [6.45, 7) is 0. The number of phenols is 1. The van der Waals surface area contributed by atoms with Crippen LogP contribution in [-0.4, -0.2) is 24.3 Å². The molecule has 0 unspecified atom stereocenters. The first-order valence-corrected chi connectivity index (χ1v) is 6.33. The van der Waals surface area contributed by atoms with Gasteiger partial charge in [-0.15, -0.1) is 11.3 Å². The molecule has 1 amide bonds. The van der Waals surface area contributed by atoms with Crippen molar-refractivity contribution >= 4 is 23.5 Å². The summed E-state index contributed by atoms with van der Waals surface area (Å²) in [6, 6.07) is 8.52. The average molecular weight is 276 g/mol. The molecule has 0 saturated heterocycles. The zero-order chi connectivity index (χ0) is 13.7. The van der Waals surface area contributed by atoms with Gasteiger partial charge in [-0.1, -0.05) is 12.1 Å². The number of hydrazone groups is 1. The van der Waals surface area contributed by atoms with E-state index in [1.54, 1.807) is 30.3 Å². The fourth-order valence-electron chi connectivity index (χ4n) is 1.43. The van der Waals surface area contributed by atoms with Crippen molar-refractivity contribution < 1.29 is 14.6 Å². The number of thiophene rings is 1. The van der Waals surface area contributed by atoms with Crippen molar-refractivity contribution in [3.8, 4) is 11.5 Å². The lowest BCUT2D eigenvalue weighted by Crippen LogP contribution is -2.16. The number of hydrogen-bond donors (Lipinski definition) is 2. The summed E-state index contributed by atoms with van der Waals surface area (Å²) in [6.07, 6.45) is 1.36. The Labute approximate surface area is 114 Å². The first kappa shape index (κ1) is 13.1. The van der Waals surface area contributed by atoms with Gasteiger partial charge in [0.05, 0.1) is 18.2 Å². The molecule has 98 valence electrons. The molecule has 2 aromatic rings. The summed E-state index contributed by atoms with van der Waals surface area (Å²) in [4.78, 5) is 12.2. The molecule has 2 N–H and O–H groups in total. The molecule has 0 aliphatic rings. The zero-order valence-electron chi connectivity index (χ0n) is 10.2. The monoisotopic (exact) mass is 276 g/mol. The highest BCUT2D eigenvalue weighted by molar-refractivity contribution is 7.12. The van der Waals surface area contributed by atoms with Crippen LogP contribution in [0.25, 0.3) is 0 Å². The number of methoxy groups -OCH3 is 1. The lowest BCUT2D eigenvalue weighted by Gasteiger charge is -2.04. The number of benzene rings is 1. The Morgan fingerprint density at radius 2 is 2.26 bits per heavy atom. The summed E-state index contributed by atoms with van der Waals surface area (Å²) >= 11 is 1.33. The Bertz CT molecular complexity index is 594. The highest BCUT2D eigenvalue weighted by Gasteiger charge is 2.06. The first-order chi connectivity index (χ1) is 9.22. The van der Waals surface area contributed by atoms with Gasteiger partial charge >= 0.3 is 0 Å². The van der Waals surface area contributed by atoms with Crippen LogP contribution < -0.4 is 10.2 Å². The van der Waals surface area contributed by atoms with E-state index >= 15 is 0 Å². The van der Waals surface area contributed by atoms with Gasteiger partial charge in [-0.3, -0.25) is 4.79 Å². The summed E-state index contributed by atoms with van der Waals surface area (Å²) in [7, 11) is 1.47. The molecule has 1 aromatic carbocycles. The molecule has 5 nitrogen and oxygen atoms in total. The topological polar surface area (TPSA) is 70.9 Å². The van der Waals surface area contributed by atoms with Crippen LogP contribution in [0, 0.1) is 0 Å². The van der Waals surface area contributed by atoms with Crippen LogP contribution >= 0.6 is 11.3 Å². The van der Waals surface area contributed by atoms with Crippen molar-refractivity contribution in [3.63, 3.8) is 0 Å². The Balaban J connectivity index is 2.05. The number of ether oxygens (including phenoxy) is 1. The van der Waals surface area contributed by atoms with Crippen LogP contribution in [0.4, 0.5) is 0 Å². The van der Waals surface area contributed by atoms with Gasteiger partial charge in [-0.25, -0.2) is 5.43 Å². The summed E-state index contributed by atoms with van der Waals surface area (Å²) in [5.41, 5.74) is 2.85. The van der Waals surface area contributed by atoms with E-state index in [2.05, 4.69) is 10.5 Å². The fourth-order valence-corrected chi connectivity index (χ4v) is 2.05. The second-order valence-electron chi connectivity index (χ2n) is 3.57. The zero-order valence-corrected chi connectivity index (χ0v) is 11.0. The molecule has 0 atom stereocenters. The van der Waals surface area contributed by atoms with Crippen LogP contribution in [0.1, 0.15) is 15.2 Å². The minimum Gasteiger partial charge on any atom is -0.504 e. The van der Waals surface area contributed by atoms with Crippen molar-refractivity contribution in [1.29, 1.82) is 0 Å². The molecule has 0 fully saturated rings. The van der Waals surface area contributed by atoms with Crippen LogP contribution in [0.15, 0.2) is 40.8 Å². The molecule has 1 aromatic heterocycles. The van der Waals surface area contributed by atoms with E-state index in [9.17, 15) is 9.90 Å². The van der Waals surface area contributed by atoms with E-state index in [0.717, 1.165) is 0 Å². The number of carbonyl (C=O) groups excluding carboxylic acids is 1. The molecule has 0 spiro atoms. The molecule has 0 aliphatic carbocycles. The van der Waals surface area contributed by atoms with E-state index < -0.39 is 0 Å². The Hall–Kier alpha value is -2.34. The molecule has 0 saturated carbocycles. The summed E-state index contributed by atoms with van der Waals surface area (Å²) < 4.78 is 4.97. The number of amides is 1. The SMILES string of the molecule is COc1cccc(/C=N\NC(=O)c2cccs2)c1O. The standard InChI is InChI=1S/C13H12N2O3S/c1-18-10-5-2-4-9(12(10)16)8-14-15-13(17)11-6-3-7-19-11/h2-8,16H,1H3,(H,15,17)/b14-8-. The summed E-state index contributed by atoms with van der Waals surface area (Å²) in [5, 5.41) is 15.4. The third-order valence-electron chi connectivity index (χ3n) is 2.36. The highest BCUT2D eigenvalue weighted by atomic mass is 32.1. The number of carbonyl (C=O) groups is 1. The van der Waals surface area contributed by atoms with Crippen molar-refractivity contribution in [2.45, 2.75) is 0 Å². The number of rotatable bonds is 4. The Morgan fingerprint density at radius 3 is 2.95 bits per heavy atom.